The van der Waals surface area contributed by atoms with Crippen LogP contribution in [0, 0.1) is 12.3 Å². The number of imidazole rings is 1. The lowest BCUT2D eigenvalue weighted by Gasteiger charge is -2.08. The topological polar surface area (TPSA) is 75.6 Å². The fourth-order valence-electron chi connectivity index (χ4n) is 1.57. The SMILES string of the molecule is C#CCn1ncc(Cl)c(NCCc2ncc[nH]2)c1=O. The first-order chi connectivity index (χ1) is 9.22. The van der Waals surface area contributed by atoms with Gasteiger partial charge in [-0.05, 0) is 0 Å². The molecule has 19 heavy (non-hydrogen) atoms. The summed E-state index contributed by atoms with van der Waals surface area (Å²) >= 11 is 5.95. The Balaban J connectivity index is 2.09. The molecule has 2 rings (SSSR count). The van der Waals surface area contributed by atoms with Crippen LogP contribution in [-0.2, 0) is 13.0 Å². The number of rotatable bonds is 5. The number of hydrogen-bond donors (Lipinski definition) is 2. The predicted molar refractivity (Wildman–Crippen MR) is 73.1 cm³/mol. The zero-order valence-electron chi connectivity index (χ0n) is 10.1. The number of nitrogens with one attached hydrogen (secondary N) is 2. The van der Waals surface area contributed by atoms with Crippen LogP contribution in [0.25, 0.3) is 0 Å². The first-order valence-electron chi connectivity index (χ1n) is 5.63. The van der Waals surface area contributed by atoms with Gasteiger partial charge in [0, 0.05) is 25.4 Å². The molecule has 2 heterocycles. The van der Waals surface area contributed by atoms with Gasteiger partial charge in [0.2, 0.25) is 0 Å². The van der Waals surface area contributed by atoms with Crippen molar-refractivity contribution in [1.29, 1.82) is 0 Å². The zero-order chi connectivity index (χ0) is 13.7. The number of H-pyrrole nitrogens is 1. The van der Waals surface area contributed by atoms with E-state index in [4.69, 9.17) is 18.0 Å². The molecule has 0 unspecified atom stereocenters. The Morgan fingerprint density at radius 1 is 1.58 bits per heavy atom. The minimum atomic E-state index is -0.329. The number of hydrogen-bond acceptors (Lipinski definition) is 4. The normalized spacial score (nSPS) is 10.1. The van der Waals surface area contributed by atoms with Crippen molar-refractivity contribution in [2.45, 2.75) is 13.0 Å². The quantitative estimate of drug-likeness (QED) is 0.797. The zero-order valence-corrected chi connectivity index (χ0v) is 10.8. The van der Waals surface area contributed by atoms with Crippen molar-refractivity contribution in [3.8, 4) is 12.3 Å². The fraction of sp³-hybridized carbons (Fsp3) is 0.250. The van der Waals surface area contributed by atoms with Gasteiger partial charge in [0.15, 0.2) is 0 Å². The maximum absolute atomic E-state index is 12.0. The van der Waals surface area contributed by atoms with E-state index in [1.165, 1.54) is 10.9 Å². The summed E-state index contributed by atoms with van der Waals surface area (Å²) in [6, 6.07) is 0. The molecule has 6 nitrogen and oxygen atoms in total. The van der Waals surface area contributed by atoms with Crippen molar-refractivity contribution in [2.24, 2.45) is 0 Å². The molecule has 0 bridgehead atoms. The van der Waals surface area contributed by atoms with Crippen LogP contribution in [0.4, 0.5) is 5.69 Å². The van der Waals surface area contributed by atoms with E-state index in [0.717, 1.165) is 5.82 Å². The average molecular weight is 278 g/mol. The Hall–Kier alpha value is -2.26. The Morgan fingerprint density at radius 3 is 3.11 bits per heavy atom. The van der Waals surface area contributed by atoms with Crippen molar-refractivity contribution in [3.05, 3.63) is 39.8 Å². The molecular formula is C12H12ClN5O. The van der Waals surface area contributed by atoms with Crippen molar-refractivity contribution < 1.29 is 0 Å². The largest absolute Gasteiger partial charge is 0.379 e. The molecule has 0 spiro atoms. The van der Waals surface area contributed by atoms with Crippen LogP contribution < -0.4 is 10.9 Å². The number of terminal acetylenes is 1. The summed E-state index contributed by atoms with van der Waals surface area (Å²) in [5.74, 6) is 3.20. The molecule has 0 aliphatic rings. The van der Waals surface area contributed by atoms with Gasteiger partial charge in [-0.2, -0.15) is 5.10 Å². The lowest BCUT2D eigenvalue weighted by molar-refractivity contribution is 0.664. The minimum absolute atomic E-state index is 0.114. The van der Waals surface area contributed by atoms with Crippen LogP contribution >= 0.6 is 11.6 Å². The molecule has 0 fully saturated rings. The Bertz CT molecular complexity index is 641. The summed E-state index contributed by atoms with van der Waals surface area (Å²) in [7, 11) is 0. The molecule has 0 saturated heterocycles. The first kappa shape index (κ1) is 13.2. The number of halogens is 1. The molecule has 0 radical (unpaired) electrons. The summed E-state index contributed by atoms with van der Waals surface area (Å²) in [5, 5.41) is 7.12. The van der Waals surface area contributed by atoms with Gasteiger partial charge in [0.1, 0.15) is 18.1 Å². The highest BCUT2D eigenvalue weighted by molar-refractivity contribution is 6.32. The van der Waals surface area contributed by atoms with Gasteiger partial charge in [-0.3, -0.25) is 4.79 Å². The molecule has 0 aromatic carbocycles. The Labute approximate surface area is 114 Å². The molecule has 2 aromatic heterocycles. The third-order valence-electron chi connectivity index (χ3n) is 2.46. The van der Waals surface area contributed by atoms with E-state index in [9.17, 15) is 4.79 Å². The van der Waals surface area contributed by atoms with E-state index in [1.807, 2.05) is 0 Å². The summed E-state index contributed by atoms with van der Waals surface area (Å²) in [5.41, 5.74) is -0.0247. The van der Waals surface area contributed by atoms with Crippen LogP contribution in [0.3, 0.4) is 0 Å². The van der Waals surface area contributed by atoms with E-state index < -0.39 is 0 Å². The van der Waals surface area contributed by atoms with Gasteiger partial charge in [0.25, 0.3) is 5.56 Å². The molecular weight excluding hydrogens is 266 g/mol. The van der Waals surface area contributed by atoms with Crippen molar-refractivity contribution in [1.82, 2.24) is 19.7 Å². The standard InChI is InChI=1S/C12H12ClN5O/c1-2-7-18-12(19)11(9(13)8-17-18)16-4-3-10-14-5-6-15-10/h1,5-6,8,16H,3-4,7H2,(H,14,15). The van der Waals surface area contributed by atoms with E-state index >= 15 is 0 Å². The smallest absolute Gasteiger partial charge is 0.292 e. The highest BCUT2D eigenvalue weighted by Gasteiger charge is 2.09. The number of nitrogens with zero attached hydrogens (tertiary/aromatic N) is 3. The second-order valence-electron chi connectivity index (χ2n) is 3.75. The van der Waals surface area contributed by atoms with E-state index in [2.05, 4.69) is 26.3 Å². The molecule has 0 atom stereocenters. The minimum Gasteiger partial charge on any atom is -0.379 e. The van der Waals surface area contributed by atoms with Gasteiger partial charge in [-0.1, -0.05) is 17.5 Å². The summed E-state index contributed by atoms with van der Waals surface area (Å²) in [4.78, 5) is 19.1. The summed E-state index contributed by atoms with van der Waals surface area (Å²) in [6.45, 7) is 0.644. The lowest BCUT2D eigenvalue weighted by atomic mass is 10.3. The van der Waals surface area contributed by atoms with Gasteiger partial charge in [0.05, 0.1) is 11.2 Å². The number of anilines is 1. The third kappa shape index (κ3) is 3.14. The van der Waals surface area contributed by atoms with Crippen molar-refractivity contribution in [3.63, 3.8) is 0 Å². The second kappa shape index (κ2) is 6.07. The molecule has 7 heteroatoms. The van der Waals surface area contributed by atoms with Crippen LogP contribution in [0.15, 0.2) is 23.4 Å². The molecule has 2 aromatic rings. The van der Waals surface area contributed by atoms with Gasteiger partial charge in [-0.25, -0.2) is 9.67 Å². The highest BCUT2D eigenvalue weighted by Crippen LogP contribution is 2.14. The van der Waals surface area contributed by atoms with Crippen LogP contribution in [-0.4, -0.2) is 26.3 Å². The lowest BCUT2D eigenvalue weighted by Crippen LogP contribution is -2.26. The molecule has 0 aliphatic carbocycles. The molecule has 0 aliphatic heterocycles. The molecule has 0 saturated carbocycles. The fourth-order valence-corrected chi connectivity index (χ4v) is 1.76. The van der Waals surface area contributed by atoms with Crippen LogP contribution in [0.5, 0.6) is 0 Å². The maximum atomic E-state index is 12.0. The summed E-state index contributed by atoms with van der Waals surface area (Å²) in [6.07, 6.45) is 10.6. The van der Waals surface area contributed by atoms with Gasteiger partial charge >= 0.3 is 0 Å². The molecule has 98 valence electrons. The third-order valence-corrected chi connectivity index (χ3v) is 2.74. The van der Waals surface area contributed by atoms with Gasteiger partial charge < -0.3 is 10.3 Å². The monoisotopic (exact) mass is 277 g/mol. The average Bonchev–Trinajstić information content (AvgIpc) is 2.90. The van der Waals surface area contributed by atoms with E-state index in [1.54, 1.807) is 12.4 Å². The van der Waals surface area contributed by atoms with Crippen LogP contribution in [0.1, 0.15) is 5.82 Å². The highest BCUT2D eigenvalue weighted by atomic mass is 35.5. The number of aromatic nitrogens is 4. The van der Waals surface area contributed by atoms with Crippen molar-refractivity contribution in [2.75, 3.05) is 11.9 Å². The maximum Gasteiger partial charge on any atom is 0.292 e. The molecule has 2 N–H and O–H groups in total. The van der Waals surface area contributed by atoms with E-state index in [0.29, 0.717) is 18.7 Å². The van der Waals surface area contributed by atoms with Gasteiger partial charge in [-0.15, -0.1) is 6.42 Å². The molecule has 0 amide bonds. The predicted octanol–water partition coefficient (Wildman–Crippen LogP) is 0.908. The van der Waals surface area contributed by atoms with E-state index in [-0.39, 0.29) is 17.1 Å². The second-order valence-corrected chi connectivity index (χ2v) is 4.15. The van der Waals surface area contributed by atoms with Crippen LogP contribution in [0.2, 0.25) is 5.02 Å². The van der Waals surface area contributed by atoms with Crippen molar-refractivity contribution >= 4 is 17.3 Å². The Kier molecular flexibility index (Phi) is 4.21. The summed E-state index contributed by atoms with van der Waals surface area (Å²) < 4.78 is 1.18. The Morgan fingerprint density at radius 2 is 2.42 bits per heavy atom. The number of aromatic amines is 1. The first-order valence-corrected chi connectivity index (χ1v) is 6.01.